The molecule has 0 saturated heterocycles. The molecule has 0 spiro atoms. The Hall–Kier alpha value is -2.78. The Morgan fingerprint density at radius 1 is 1.11 bits per heavy atom. The van der Waals surface area contributed by atoms with Crippen LogP contribution in [0.25, 0.3) is 0 Å². The van der Waals surface area contributed by atoms with Crippen LogP contribution in [0.1, 0.15) is 85.9 Å². The fourth-order valence-electron chi connectivity index (χ4n) is 5.45. The molecule has 8 nitrogen and oxygen atoms in total. The molecule has 3 aliphatic carbocycles. The summed E-state index contributed by atoms with van der Waals surface area (Å²) in [5.41, 5.74) is 0.240. The minimum atomic E-state index is -1.24. The minimum absolute atomic E-state index is 0.161. The van der Waals surface area contributed by atoms with Gasteiger partial charge in [0.2, 0.25) is 0 Å². The van der Waals surface area contributed by atoms with Gasteiger partial charge in [-0.05, 0) is 63.6 Å². The summed E-state index contributed by atoms with van der Waals surface area (Å²) in [6, 6.07) is 5.00. The zero-order chi connectivity index (χ0) is 24.8. The lowest BCUT2D eigenvalue weighted by Crippen LogP contribution is -2.65. The number of nitrogens with zero attached hydrogens (tertiary/aromatic N) is 2. The minimum Gasteiger partial charge on any atom is -0.480 e. The highest BCUT2D eigenvalue weighted by Gasteiger charge is 2.50. The lowest BCUT2D eigenvalue weighted by atomic mass is 9.61. The number of carbonyl (C=O) groups excluding carboxylic acids is 2. The third-order valence-corrected chi connectivity index (χ3v) is 7.89. The smallest absolute Gasteiger partial charge is 0.271 e. The van der Waals surface area contributed by atoms with Gasteiger partial charge in [-0.3, -0.25) is 14.6 Å². The van der Waals surface area contributed by atoms with Crippen molar-refractivity contribution in [2.24, 2.45) is 0 Å². The standard InChI is InChI=1S/C25H28ClFN4O4/c1-14(27)17-12-29-18(13-28-17)22(33)30-24-4-7-25(8-5-24,9-6-24)31-23(34)21-11-19(32)16-10-15(26)2-3-20(16)35-21/h2-3,10,12-14,19,21,32H,4-9,11H2,1H3,(H,30,33)(H,31,34)/t14?,19-,21-,24?,25?/m1/s1. The van der Waals surface area contributed by atoms with Gasteiger partial charge in [0, 0.05) is 28.1 Å². The average molecular weight is 503 g/mol. The monoisotopic (exact) mass is 502 g/mol. The van der Waals surface area contributed by atoms with Gasteiger partial charge in [-0.2, -0.15) is 0 Å². The van der Waals surface area contributed by atoms with E-state index in [9.17, 15) is 19.1 Å². The summed E-state index contributed by atoms with van der Waals surface area (Å²) in [6.07, 6.45) is 4.26. The Morgan fingerprint density at radius 3 is 2.37 bits per heavy atom. The Labute approximate surface area is 207 Å². The number of carbonyl (C=O) groups is 2. The third-order valence-electron chi connectivity index (χ3n) is 7.66. The molecule has 2 bridgehead atoms. The number of alkyl halides is 1. The Morgan fingerprint density at radius 2 is 1.77 bits per heavy atom. The summed E-state index contributed by atoms with van der Waals surface area (Å²) in [5.74, 6) is -0.0881. The normalized spacial score (nSPS) is 30.1. The third kappa shape index (κ3) is 4.71. The van der Waals surface area contributed by atoms with Crippen LogP contribution in [0.5, 0.6) is 5.75 Å². The van der Waals surface area contributed by atoms with Crippen molar-refractivity contribution >= 4 is 23.4 Å². The second-order valence-electron chi connectivity index (χ2n) is 9.99. The molecule has 1 aromatic heterocycles. The van der Waals surface area contributed by atoms with Crippen LogP contribution in [0.2, 0.25) is 5.02 Å². The van der Waals surface area contributed by atoms with E-state index in [-0.39, 0.29) is 40.7 Å². The van der Waals surface area contributed by atoms with Crippen molar-refractivity contribution in [1.82, 2.24) is 20.6 Å². The van der Waals surface area contributed by atoms with Crippen LogP contribution >= 0.6 is 11.6 Å². The topological polar surface area (TPSA) is 113 Å². The number of halogens is 2. The number of rotatable bonds is 5. The van der Waals surface area contributed by atoms with E-state index < -0.39 is 18.4 Å². The molecule has 4 aliphatic rings. The molecule has 2 heterocycles. The van der Waals surface area contributed by atoms with Gasteiger partial charge >= 0.3 is 0 Å². The summed E-state index contributed by atoms with van der Waals surface area (Å²) in [6.45, 7) is 1.37. The molecular formula is C25H28ClFN4O4. The van der Waals surface area contributed by atoms with Crippen molar-refractivity contribution in [1.29, 1.82) is 0 Å². The maximum atomic E-state index is 13.3. The maximum Gasteiger partial charge on any atom is 0.271 e. The highest BCUT2D eigenvalue weighted by molar-refractivity contribution is 6.30. The second-order valence-corrected chi connectivity index (χ2v) is 10.4. The van der Waals surface area contributed by atoms with E-state index in [2.05, 4.69) is 20.6 Å². The van der Waals surface area contributed by atoms with Crippen molar-refractivity contribution in [3.63, 3.8) is 0 Å². The number of amides is 2. The largest absolute Gasteiger partial charge is 0.480 e. The molecule has 3 atom stereocenters. The SMILES string of the molecule is CC(F)c1cnc(C(=O)NC23CCC(NC(=O)[C@H]4C[C@@H](O)c5cc(Cl)ccc5O4)(CC2)CC3)cn1. The highest BCUT2D eigenvalue weighted by atomic mass is 35.5. The molecule has 1 aromatic carbocycles. The number of ether oxygens (including phenoxy) is 1. The first kappa shape index (κ1) is 23.9. The van der Waals surface area contributed by atoms with Gasteiger partial charge in [-0.1, -0.05) is 11.6 Å². The van der Waals surface area contributed by atoms with E-state index in [1.165, 1.54) is 19.3 Å². The number of nitrogens with one attached hydrogen (secondary N) is 2. The van der Waals surface area contributed by atoms with E-state index in [0.29, 0.717) is 16.3 Å². The quantitative estimate of drug-likeness (QED) is 0.574. The summed E-state index contributed by atoms with van der Waals surface area (Å²) in [5, 5.41) is 17.3. The van der Waals surface area contributed by atoms with Crippen molar-refractivity contribution in [2.75, 3.05) is 0 Å². The Kier molecular flexibility index (Phi) is 6.17. The van der Waals surface area contributed by atoms with Crippen LogP contribution in [-0.4, -0.2) is 44.1 Å². The van der Waals surface area contributed by atoms with Crippen LogP contribution in [0, 0.1) is 0 Å². The fraction of sp³-hybridized carbons (Fsp3) is 0.520. The molecule has 10 heteroatoms. The van der Waals surface area contributed by atoms with Crippen molar-refractivity contribution in [2.45, 2.75) is 81.3 Å². The van der Waals surface area contributed by atoms with E-state index >= 15 is 0 Å². The Bertz CT molecular complexity index is 1120. The number of aromatic nitrogens is 2. The van der Waals surface area contributed by atoms with E-state index in [1.54, 1.807) is 18.2 Å². The highest BCUT2D eigenvalue weighted by Crippen LogP contribution is 2.47. The van der Waals surface area contributed by atoms with Gasteiger partial charge in [0.25, 0.3) is 11.8 Å². The first-order valence-corrected chi connectivity index (χ1v) is 12.3. The maximum absolute atomic E-state index is 13.3. The van der Waals surface area contributed by atoms with E-state index in [4.69, 9.17) is 16.3 Å². The van der Waals surface area contributed by atoms with Gasteiger partial charge in [-0.25, -0.2) is 9.37 Å². The average Bonchev–Trinajstić information content (AvgIpc) is 2.85. The van der Waals surface area contributed by atoms with Crippen molar-refractivity contribution < 1.29 is 23.8 Å². The van der Waals surface area contributed by atoms with E-state index in [1.807, 2.05) is 0 Å². The molecular weight excluding hydrogens is 475 g/mol. The first-order valence-electron chi connectivity index (χ1n) is 11.9. The van der Waals surface area contributed by atoms with Crippen LogP contribution in [0.3, 0.4) is 0 Å². The molecule has 3 saturated carbocycles. The number of fused-ring (bicyclic) bond motifs is 4. The molecule has 186 valence electrons. The number of aliphatic hydroxyl groups is 1. The lowest BCUT2D eigenvalue weighted by Gasteiger charge is -2.54. The van der Waals surface area contributed by atoms with Crippen molar-refractivity contribution in [3.8, 4) is 5.75 Å². The number of hydrogen-bond acceptors (Lipinski definition) is 6. The number of hydrogen-bond donors (Lipinski definition) is 3. The summed E-state index contributed by atoms with van der Waals surface area (Å²) in [7, 11) is 0. The zero-order valence-corrected chi connectivity index (χ0v) is 20.1. The van der Waals surface area contributed by atoms with Gasteiger partial charge in [-0.15, -0.1) is 0 Å². The Balaban J connectivity index is 1.19. The molecule has 2 aromatic rings. The van der Waals surface area contributed by atoms with E-state index in [0.717, 1.165) is 38.5 Å². The van der Waals surface area contributed by atoms with Crippen LogP contribution in [0.4, 0.5) is 4.39 Å². The van der Waals surface area contributed by atoms with Gasteiger partial charge < -0.3 is 20.5 Å². The molecule has 6 rings (SSSR count). The van der Waals surface area contributed by atoms with Gasteiger partial charge in [0.1, 0.15) is 17.6 Å². The molecule has 1 aliphatic heterocycles. The zero-order valence-electron chi connectivity index (χ0n) is 19.4. The van der Waals surface area contributed by atoms with Gasteiger partial charge in [0.15, 0.2) is 6.10 Å². The molecule has 3 N–H and O–H groups in total. The summed E-state index contributed by atoms with van der Waals surface area (Å²) >= 11 is 6.01. The van der Waals surface area contributed by atoms with Crippen LogP contribution in [-0.2, 0) is 4.79 Å². The molecule has 0 radical (unpaired) electrons. The summed E-state index contributed by atoms with van der Waals surface area (Å²) in [4.78, 5) is 33.9. The second kappa shape index (κ2) is 9.02. The fourth-order valence-corrected chi connectivity index (χ4v) is 5.63. The number of benzene rings is 1. The molecule has 1 unspecified atom stereocenters. The number of aliphatic hydroxyl groups excluding tert-OH is 1. The predicted molar refractivity (Wildman–Crippen MR) is 126 cm³/mol. The van der Waals surface area contributed by atoms with Crippen LogP contribution < -0.4 is 15.4 Å². The molecule has 35 heavy (non-hydrogen) atoms. The predicted octanol–water partition coefficient (Wildman–Crippen LogP) is 3.74. The first-order chi connectivity index (χ1) is 16.7. The van der Waals surface area contributed by atoms with Crippen molar-refractivity contribution in [3.05, 3.63) is 52.6 Å². The molecule has 2 amide bonds. The van der Waals surface area contributed by atoms with Gasteiger partial charge in [0.05, 0.1) is 24.2 Å². The molecule has 3 fully saturated rings. The van der Waals surface area contributed by atoms with Crippen LogP contribution in [0.15, 0.2) is 30.6 Å². The lowest BCUT2D eigenvalue weighted by molar-refractivity contribution is -0.134. The summed E-state index contributed by atoms with van der Waals surface area (Å²) < 4.78 is 19.2.